The van der Waals surface area contributed by atoms with Crippen LogP contribution in [0.5, 0.6) is 0 Å². The van der Waals surface area contributed by atoms with E-state index in [0.717, 1.165) is 25.5 Å². The third kappa shape index (κ3) is 9.41. The zero-order valence-electron chi connectivity index (χ0n) is 17.5. The number of nitrogens with one attached hydrogen (secondary N) is 3. The van der Waals surface area contributed by atoms with Crippen molar-refractivity contribution in [2.24, 2.45) is 10.4 Å². The van der Waals surface area contributed by atoms with Crippen LogP contribution >= 0.6 is 24.0 Å². The molecule has 1 atom stereocenters. The molecule has 0 spiro atoms. The van der Waals surface area contributed by atoms with Crippen LogP contribution in [0.2, 0.25) is 0 Å². The van der Waals surface area contributed by atoms with E-state index in [1.54, 1.807) is 14.1 Å². The summed E-state index contributed by atoms with van der Waals surface area (Å²) in [6, 6.07) is 10.9. The van der Waals surface area contributed by atoms with Gasteiger partial charge in [0.25, 0.3) is 0 Å². The molecule has 3 N–H and O–H groups in total. The van der Waals surface area contributed by atoms with Gasteiger partial charge in [0, 0.05) is 39.8 Å². The van der Waals surface area contributed by atoms with Crippen LogP contribution in [-0.4, -0.2) is 57.0 Å². The second kappa shape index (κ2) is 12.9. The van der Waals surface area contributed by atoms with Gasteiger partial charge in [-0.1, -0.05) is 30.3 Å². The van der Waals surface area contributed by atoms with E-state index in [0.29, 0.717) is 12.6 Å². The highest BCUT2D eigenvalue weighted by atomic mass is 127. The maximum atomic E-state index is 11.8. The molecule has 1 rings (SSSR count). The smallest absolute Gasteiger partial charge is 0.227 e. The number of hydrogen-bond acceptors (Lipinski definition) is 3. The van der Waals surface area contributed by atoms with Crippen LogP contribution in [0.1, 0.15) is 32.8 Å². The van der Waals surface area contributed by atoms with Gasteiger partial charge in [-0.25, -0.2) is 0 Å². The minimum Gasteiger partial charge on any atom is -0.359 e. The number of guanidine groups is 1. The Morgan fingerprint density at radius 2 is 1.85 bits per heavy atom. The van der Waals surface area contributed by atoms with Crippen LogP contribution in [0.15, 0.2) is 35.3 Å². The fraction of sp³-hybridized carbons (Fsp3) is 0.600. The quantitative estimate of drug-likeness (QED) is 0.283. The first-order valence-corrected chi connectivity index (χ1v) is 9.21. The monoisotopic (exact) mass is 489 g/mol. The predicted molar refractivity (Wildman–Crippen MR) is 125 cm³/mol. The van der Waals surface area contributed by atoms with Gasteiger partial charge in [-0.15, -0.1) is 24.0 Å². The number of hydrogen-bond donors (Lipinski definition) is 3. The lowest BCUT2D eigenvalue weighted by Gasteiger charge is -2.26. The fourth-order valence-corrected chi connectivity index (χ4v) is 2.59. The van der Waals surface area contributed by atoms with E-state index in [2.05, 4.69) is 64.1 Å². The van der Waals surface area contributed by atoms with Crippen molar-refractivity contribution in [1.29, 1.82) is 0 Å². The topological polar surface area (TPSA) is 68.8 Å². The lowest BCUT2D eigenvalue weighted by Crippen LogP contribution is -2.47. The van der Waals surface area contributed by atoms with E-state index in [1.807, 2.05) is 19.9 Å². The summed E-state index contributed by atoms with van der Waals surface area (Å²) in [6.45, 7) is 8.33. The molecule has 0 saturated carbocycles. The third-order valence-electron chi connectivity index (χ3n) is 4.64. The van der Waals surface area contributed by atoms with Crippen LogP contribution in [0.25, 0.3) is 0 Å². The Kier molecular flexibility index (Phi) is 12.3. The zero-order chi connectivity index (χ0) is 19.6. The Labute approximate surface area is 181 Å². The summed E-state index contributed by atoms with van der Waals surface area (Å²) < 4.78 is 0. The Balaban J connectivity index is 0.00000676. The third-order valence-corrected chi connectivity index (χ3v) is 4.64. The molecule has 0 aliphatic carbocycles. The van der Waals surface area contributed by atoms with Crippen molar-refractivity contribution < 1.29 is 4.79 Å². The van der Waals surface area contributed by atoms with Crippen LogP contribution in [0.3, 0.4) is 0 Å². The Bertz CT molecular complexity index is 577. The predicted octanol–water partition coefficient (Wildman–Crippen LogP) is 2.45. The van der Waals surface area contributed by atoms with Gasteiger partial charge in [0.1, 0.15) is 0 Å². The van der Waals surface area contributed by atoms with Gasteiger partial charge < -0.3 is 16.0 Å². The number of carbonyl (C=O) groups is 1. The summed E-state index contributed by atoms with van der Waals surface area (Å²) in [7, 11) is 5.55. The van der Waals surface area contributed by atoms with Gasteiger partial charge in [-0.2, -0.15) is 0 Å². The largest absolute Gasteiger partial charge is 0.359 e. The standard InChI is InChI=1S/C20H35N5O.HI/c1-16(25(6)14-17-10-8-7-9-11-17)12-13-23-19(22-5)24-15-20(2,3)18(26)21-4;/h7-11,16H,12-15H2,1-6H3,(H,21,26)(H2,22,23,24);1H. The first-order chi connectivity index (χ1) is 12.3. The number of nitrogens with zero attached hydrogens (tertiary/aromatic N) is 2. The zero-order valence-corrected chi connectivity index (χ0v) is 19.8. The molecule has 6 nitrogen and oxygen atoms in total. The highest BCUT2D eigenvalue weighted by molar-refractivity contribution is 14.0. The van der Waals surface area contributed by atoms with Gasteiger partial charge in [0.2, 0.25) is 5.91 Å². The summed E-state index contributed by atoms with van der Waals surface area (Å²) >= 11 is 0. The summed E-state index contributed by atoms with van der Waals surface area (Å²) in [5, 5.41) is 9.25. The second-order valence-corrected chi connectivity index (χ2v) is 7.35. The average molecular weight is 489 g/mol. The fourth-order valence-electron chi connectivity index (χ4n) is 2.59. The van der Waals surface area contributed by atoms with Crippen molar-refractivity contribution in [2.45, 2.75) is 39.8 Å². The number of aliphatic imine (C=N–C) groups is 1. The van der Waals surface area contributed by atoms with Gasteiger partial charge >= 0.3 is 0 Å². The average Bonchev–Trinajstić information content (AvgIpc) is 2.64. The summed E-state index contributed by atoms with van der Waals surface area (Å²) in [4.78, 5) is 18.4. The first kappa shape index (κ1) is 25.6. The number of halogens is 1. The molecule has 1 aromatic carbocycles. The molecule has 0 aliphatic heterocycles. The molecule has 7 heteroatoms. The van der Waals surface area contributed by atoms with Crippen LogP contribution < -0.4 is 16.0 Å². The van der Waals surface area contributed by atoms with Crippen molar-refractivity contribution in [3.05, 3.63) is 35.9 Å². The normalized spacial score (nSPS) is 12.9. The summed E-state index contributed by atoms with van der Waals surface area (Å²) in [6.07, 6.45) is 1.00. The molecule has 1 aromatic rings. The lowest BCUT2D eigenvalue weighted by atomic mass is 9.92. The molecule has 0 radical (unpaired) electrons. The van der Waals surface area contributed by atoms with Crippen LogP contribution in [-0.2, 0) is 11.3 Å². The molecule has 0 heterocycles. The molecule has 0 bridgehead atoms. The van der Waals surface area contributed by atoms with Crippen molar-refractivity contribution >= 4 is 35.8 Å². The number of carbonyl (C=O) groups excluding carboxylic acids is 1. The summed E-state index contributed by atoms with van der Waals surface area (Å²) in [5.74, 6) is 0.733. The van der Waals surface area contributed by atoms with Gasteiger partial charge in [-0.3, -0.25) is 14.7 Å². The molecule has 0 saturated heterocycles. The lowest BCUT2D eigenvalue weighted by molar-refractivity contribution is -0.128. The Morgan fingerprint density at radius 1 is 1.22 bits per heavy atom. The summed E-state index contributed by atoms with van der Waals surface area (Å²) in [5.41, 5.74) is 0.832. The van der Waals surface area contributed by atoms with Crippen LogP contribution in [0.4, 0.5) is 0 Å². The molecular formula is C20H36IN5O. The SMILES string of the molecule is CN=C(NCCC(C)N(C)Cc1ccccc1)NCC(C)(C)C(=O)NC.I. The van der Waals surface area contributed by atoms with E-state index in [1.165, 1.54) is 5.56 Å². The van der Waals surface area contributed by atoms with Crippen LogP contribution in [0, 0.1) is 5.41 Å². The second-order valence-electron chi connectivity index (χ2n) is 7.35. The highest BCUT2D eigenvalue weighted by Crippen LogP contribution is 2.13. The minimum absolute atomic E-state index is 0. The highest BCUT2D eigenvalue weighted by Gasteiger charge is 2.26. The first-order valence-electron chi connectivity index (χ1n) is 9.21. The molecule has 1 amide bonds. The maximum Gasteiger partial charge on any atom is 0.227 e. The van der Waals surface area contributed by atoms with E-state index < -0.39 is 5.41 Å². The molecule has 0 aromatic heterocycles. The molecule has 27 heavy (non-hydrogen) atoms. The van der Waals surface area contributed by atoms with E-state index >= 15 is 0 Å². The van der Waals surface area contributed by atoms with Crippen molar-refractivity contribution in [3.63, 3.8) is 0 Å². The molecular weight excluding hydrogens is 453 g/mol. The number of benzene rings is 1. The minimum atomic E-state index is -0.491. The van der Waals surface area contributed by atoms with Gasteiger partial charge in [-0.05, 0) is 39.8 Å². The Hall–Kier alpha value is -1.35. The Morgan fingerprint density at radius 3 is 2.41 bits per heavy atom. The maximum absolute atomic E-state index is 11.8. The molecule has 1 unspecified atom stereocenters. The van der Waals surface area contributed by atoms with Gasteiger partial charge in [0.15, 0.2) is 5.96 Å². The van der Waals surface area contributed by atoms with Crippen molar-refractivity contribution in [2.75, 3.05) is 34.2 Å². The van der Waals surface area contributed by atoms with Crippen molar-refractivity contribution in [3.8, 4) is 0 Å². The molecule has 0 fully saturated rings. The number of amides is 1. The van der Waals surface area contributed by atoms with Gasteiger partial charge in [0.05, 0.1) is 5.41 Å². The van der Waals surface area contributed by atoms with Crippen molar-refractivity contribution in [1.82, 2.24) is 20.9 Å². The van der Waals surface area contributed by atoms with E-state index in [-0.39, 0.29) is 29.9 Å². The van der Waals surface area contributed by atoms with E-state index in [4.69, 9.17) is 0 Å². The number of rotatable bonds is 9. The molecule has 0 aliphatic rings. The molecule has 154 valence electrons. The van der Waals surface area contributed by atoms with E-state index in [9.17, 15) is 4.79 Å².